The Morgan fingerprint density at radius 1 is 1.25 bits per heavy atom. The van der Waals surface area contributed by atoms with Gasteiger partial charge in [-0.05, 0) is 38.0 Å². The first-order valence-corrected chi connectivity index (χ1v) is 9.17. The van der Waals surface area contributed by atoms with Gasteiger partial charge in [0.25, 0.3) is 5.89 Å². The molecule has 28 heavy (non-hydrogen) atoms. The quantitative estimate of drug-likeness (QED) is 0.852. The van der Waals surface area contributed by atoms with Gasteiger partial charge in [0.15, 0.2) is 0 Å². The van der Waals surface area contributed by atoms with Crippen LogP contribution in [0.15, 0.2) is 10.5 Å². The van der Waals surface area contributed by atoms with E-state index in [9.17, 15) is 18.0 Å². The maximum absolute atomic E-state index is 12.9. The van der Waals surface area contributed by atoms with E-state index < -0.39 is 17.9 Å². The molecular formula is C17H21F3N6O2. The Bertz CT molecular complexity index is 876. The summed E-state index contributed by atoms with van der Waals surface area (Å²) in [6.45, 7) is 3.18. The summed E-state index contributed by atoms with van der Waals surface area (Å²) in [4.78, 5) is 14.4. The molecule has 3 heterocycles. The van der Waals surface area contributed by atoms with E-state index in [1.54, 1.807) is 6.92 Å². The smallest absolute Gasteiger partial charge is 0.402 e. The first-order chi connectivity index (χ1) is 13.2. The number of aryl methyl sites for hydroxylation is 1. The molecule has 152 valence electrons. The number of hydrogen-bond donors (Lipinski definition) is 1. The lowest BCUT2D eigenvalue weighted by atomic mass is 9.93. The van der Waals surface area contributed by atoms with Gasteiger partial charge in [0.1, 0.15) is 17.4 Å². The van der Waals surface area contributed by atoms with E-state index in [-0.39, 0.29) is 23.5 Å². The van der Waals surface area contributed by atoms with Crippen LogP contribution in [0.1, 0.15) is 38.3 Å². The van der Waals surface area contributed by atoms with Gasteiger partial charge in [-0.1, -0.05) is 5.10 Å². The molecule has 8 nitrogen and oxygen atoms in total. The lowest BCUT2D eigenvalue weighted by molar-refractivity contribution is -0.143. The number of anilines is 1. The van der Waals surface area contributed by atoms with E-state index in [0.717, 1.165) is 32.0 Å². The minimum atomic E-state index is -4.53. The molecule has 0 aromatic carbocycles. The molecule has 1 spiro atoms. The number of aromatic nitrogens is 4. The number of hydrogen-bond acceptors (Lipinski definition) is 6. The molecule has 1 saturated heterocycles. The molecule has 4 rings (SSSR count). The van der Waals surface area contributed by atoms with Gasteiger partial charge in [0.2, 0.25) is 5.91 Å². The second-order valence-corrected chi connectivity index (χ2v) is 7.64. The van der Waals surface area contributed by atoms with Crippen LogP contribution < -0.4 is 5.32 Å². The number of likely N-dealkylation sites (tertiary alicyclic amines) is 1. The predicted molar refractivity (Wildman–Crippen MR) is 92.1 cm³/mol. The topological polar surface area (TPSA) is 89.1 Å². The number of rotatable bonds is 4. The van der Waals surface area contributed by atoms with Gasteiger partial charge in [-0.3, -0.25) is 9.48 Å². The normalized spacial score (nSPS) is 19.7. The van der Waals surface area contributed by atoms with Crippen LogP contribution in [0.4, 0.5) is 19.2 Å². The summed E-state index contributed by atoms with van der Waals surface area (Å²) < 4.78 is 44.7. The Labute approximate surface area is 159 Å². The van der Waals surface area contributed by atoms with Crippen LogP contribution >= 0.6 is 0 Å². The predicted octanol–water partition coefficient (Wildman–Crippen LogP) is 2.69. The second kappa shape index (κ2) is 6.49. The third kappa shape index (κ3) is 3.57. The fourth-order valence-corrected chi connectivity index (χ4v) is 3.62. The Morgan fingerprint density at radius 2 is 1.93 bits per heavy atom. The van der Waals surface area contributed by atoms with Crippen LogP contribution in [0.5, 0.6) is 0 Å². The van der Waals surface area contributed by atoms with Crippen LogP contribution in [-0.2, 0) is 18.0 Å². The number of nitrogens with zero attached hydrogens (tertiary/aromatic N) is 5. The SMILES string of the molecule is C[C@@H](Nc1nnc(-c2cc(C(F)(F)F)n(C)n2)o1)C(=O)N1CCC2(CC1)CC2. The summed E-state index contributed by atoms with van der Waals surface area (Å²) in [6, 6.07) is 0.217. The third-order valence-electron chi connectivity index (χ3n) is 5.62. The molecular weight excluding hydrogens is 377 g/mol. The monoisotopic (exact) mass is 398 g/mol. The Hall–Kier alpha value is -2.59. The van der Waals surface area contributed by atoms with Crippen molar-refractivity contribution in [2.75, 3.05) is 18.4 Å². The number of piperidine rings is 1. The summed E-state index contributed by atoms with van der Waals surface area (Å²) in [5.74, 6) is -0.214. The van der Waals surface area contributed by atoms with Crippen molar-refractivity contribution in [1.82, 2.24) is 24.9 Å². The van der Waals surface area contributed by atoms with Crippen molar-refractivity contribution in [2.24, 2.45) is 12.5 Å². The molecule has 1 atom stereocenters. The lowest BCUT2D eigenvalue weighted by Crippen LogP contribution is -2.45. The van der Waals surface area contributed by atoms with Gasteiger partial charge in [-0.15, -0.1) is 5.10 Å². The van der Waals surface area contributed by atoms with Gasteiger partial charge < -0.3 is 14.6 Å². The zero-order valence-electron chi connectivity index (χ0n) is 15.6. The van der Waals surface area contributed by atoms with Gasteiger partial charge in [0.05, 0.1) is 0 Å². The molecule has 1 amide bonds. The number of carbonyl (C=O) groups excluding carboxylic acids is 1. The van der Waals surface area contributed by atoms with Crippen LogP contribution in [0, 0.1) is 5.41 Å². The maximum atomic E-state index is 12.9. The fourth-order valence-electron chi connectivity index (χ4n) is 3.62. The number of halogens is 3. The molecule has 0 bridgehead atoms. The van der Waals surface area contributed by atoms with Crippen molar-refractivity contribution in [1.29, 1.82) is 0 Å². The molecule has 2 aromatic rings. The maximum Gasteiger partial charge on any atom is 0.433 e. The van der Waals surface area contributed by atoms with Gasteiger partial charge in [0, 0.05) is 26.2 Å². The van der Waals surface area contributed by atoms with Crippen molar-refractivity contribution in [3.8, 4) is 11.6 Å². The highest BCUT2D eigenvalue weighted by molar-refractivity contribution is 5.83. The zero-order chi connectivity index (χ0) is 20.1. The number of carbonyl (C=O) groups is 1. The largest absolute Gasteiger partial charge is 0.433 e. The van der Waals surface area contributed by atoms with E-state index >= 15 is 0 Å². The first-order valence-electron chi connectivity index (χ1n) is 9.17. The molecule has 1 aliphatic carbocycles. The van der Waals surface area contributed by atoms with Crippen molar-refractivity contribution >= 4 is 11.9 Å². The van der Waals surface area contributed by atoms with Gasteiger partial charge in [-0.25, -0.2) is 0 Å². The lowest BCUT2D eigenvalue weighted by Gasteiger charge is -2.33. The first kappa shape index (κ1) is 18.8. The highest BCUT2D eigenvalue weighted by atomic mass is 19.4. The summed E-state index contributed by atoms with van der Waals surface area (Å²) in [7, 11) is 1.19. The van der Waals surface area contributed by atoms with Crippen molar-refractivity contribution in [3.05, 3.63) is 11.8 Å². The average Bonchev–Trinajstić information content (AvgIpc) is 3.04. The molecule has 11 heteroatoms. The molecule has 1 saturated carbocycles. The molecule has 0 unspecified atom stereocenters. The van der Waals surface area contributed by atoms with E-state index in [1.165, 1.54) is 19.9 Å². The van der Waals surface area contributed by atoms with Crippen molar-refractivity contribution < 1.29 is 22.4 Å². The average molecular weight is 398 g/mol. The van der Waals surface area contributed by atoms with E-state index in [4.69, 9.17) is 4.42 Å². The Morgan fingerprint density at radius 3 is 2.50 bits per heavy atom. The van der Waals surface area contributed by atoms with E-state index in [2.05, 4.69) is 20.6 Å². The van der Waals surface area contributed by atoms with Crippen LogP contribution in [0.3, 0.4) is 0 Å². The van der Waals surface area contributed by atoms with Crippen molar-refractivity contribution in [2.45, 2.75) is 44.8 Å². The highest BCUT2D eigenvalue weighted by Crippen LogP contribution is 2.53. The van der Waals surface area contributed by atoms with Crippen LogP contribution in [0.25, 0.3) is 11.6 Å². The van der Waals surface area contributed by atoms with Crippen molar-refractivity contribution in [3.63, 3.8) is 0 Å². The van der Waals surface area contributed by atoms with Crippen LogP contribution in [0.2, 0.25) is 0 Å². The molecule has 0 radical (unpaired) electrons. The zero-order valence-corrected chi connectivity index (χ0v) is 15.6. The molecule has 2 aliphatic rings. The number of amides is 1. The Balaban J connectivity index is 1.40. The summed E-state index contributed by atoms with van der Waals surface area (Å²) >= 11 is 0. The van der Waals surface area contributed by atoms with Crippen LogP contribution in [-0.4, -0.2) is 49.9 Å². The minimum Gasteiger partial charge on any atom is -0.402 e. The van der Waals surface area contributed by atoms with E-state index in [1.807, 2.05) is 4.90 Å². The standard InChI is InChI=1S/C17H21F3N6O2/c1-10(14(27)26-7-5-16(3-4-16)6-8-26)21-15-23-22-13(28-15)11-9-12(17(18,19)20)25(2)24-11/h9-10H,3-8H2,1-2H3,(H,21,23)/t10-/m1/s1. The fraction of sp³-hybridized carbons (Fsp3) is 0.647. The molecule has 1 aliphatic heterocycles. The summed E-state index contributed by atoms with van der Waals surface area (Å²) in [5.41, 5.74) is -0.523. The number of nitrogens with one attached hydrogen (secondary N) is 1. The molecule has 1 N–H and O–H groups in total. The van der Waals surface area contributed by atoms with Gasteiger partial charge in [-0.2, -0.15) is 18.3 Å². The minimum absolute atomic E-state index is 0.0364. The molecule has 2 aromatic heterocycles. The van der Waals surface area contributed by atoms with Gasteiger partial charge >= 0.3 is 12.2 Å². The van der Waals surface area contributed by atoms with E-state index in [0.29, 0.717) is 10.1 Å². The molecule has 2 fully saturated rings. The second-order valence-electron chi connectivity index (χ2n) is 7.64. The summed E-state index contributed by atoms with van der Waals surface area (Å²) in [6.07, 6.45) is 0.0681. The number of alkyl halides is 3. The highest BCUT2D eigenvalue weighted by Gasteiger charge is 2.45. The summed E-state index contributed by atoms with van der Waals surface area (Å²) in [5, 5.41) is 14.1. The third-order valence-corrected chi connectivity index (χ3v) is 5.62. The Kier molecular flexibility index (Phi) is 4.35.